The number of hydrogen-bond acceptors (Lipinski definition) is 1. The second kappa shape index (κ2) is 6.69. The molecular formula is C16H16ClFO. The predicted molar refractivity (Wildman–Crippen MR) is 75.9 cm³/mol. The Kier molecular flexibility index (Phi) is 4.94. The Hall–Kier alpha value is -1.38. The smallest absolute Gasteiger partial charge is 0.145 e. The highest BCUT2D eigenvalue weighted by atomic mass is 35.5. The van der Waals surface area contributed by atoms with Crippen molar-refractivity contribution in [3.8, 4) is 0 Å². The van der Waals surface area contributed by atoms with Crippen molar-refractivity contribution in [3.63, 3.8) is 0 Å². The van der Waals surface area contributed by atoms with Crippen LogP contribution >= 0.6 is 11.6 Å². The zero-order chi connectivity index (χ0) is 13.7. The molecule has 0 saturated heterocycles. The van der Waals surface area contributed by atoms with Crippen molar-refractivity contribution in [2.24, 2.45) is 0 Å². The molecule has 0 aliphatic heterocycles. The Morgan fingerprint density at radius 2 is 1.79 bits per heavy atom. The van der Waals surface area contributed by atoms with Gasteiger partial charge in [0.05, 0.1) is 11.1 Å². The third-order valence-corrected chi connectivity index (χ3v) is 3.39. The molecule has 0 fully saturated rings. The number of hydrogen-bond donors (Lipinski definition) is 1. The molecule has 1 N–H and O–H groups in total. The molecule has 0 aliphatic rings. The van der Waals surface area contributed by atoms with Crippen molar-refractivity contribution < 1.29 is 9.50 Å². The lowest BCUT2D eigenvalue weighted by molar-refractivity contribution is 0.164. The Morgan fingerprint density at radius 1 is 1.05 bits per heavy atom. The fourth-order valence-electron chi connectivity index (χ4n) is 2.04. The van der Waals surface area contributed by atoms with Gasteiger partial charge in [0.2, 0.25) is 0 Å². The molecule has 0 radical (unpaired) electrons. The van der Waals surface area contributed by atoms with Crippen molar-refractivity contribution >= 4 is 11.6 Å². The summed E-state index contributed by atoms with van der Waals surface area (Å²) >= 11 is 5.71. The summed E-state index contributed by atoms with van der Waals surface area (Å²) in [6.45, 7) is 0. The molecule has 1 atom stereocenters. The van der Waals surface area contributed by atoms with Crippen molar-refractivity contribution in [3.05, 3.63) is 70.5 Å². The van der Waals surface area contributed by atoms with Crippen LogP contribution in [-0.4, -0.2) is 11.2 Å². The van der Waals surface area contributed by atoms with E-state index in [2.05, 4.69) is 0 Å². The number of benzene rings is 2. The van der Waals surface area contributed by atoms with Crippen LogP contribution in [0.3, 0.4) is 0 Å². The van der Waals surface area contributed by atoms with Crippen LogP contribution in [0.2, 0.25) is 5.02 Å². The Bertz CT molecular complexity index is 528. The van der Waals surface area contributed by atoms with Crippen LogP contribution in [0.15, 0.2) is 48.5 Å². The van der Waals surface area contributed by atoms with Gasteiger partial charge in [0.25, 0.3) is 0 Å². The molecule has 2 rings (SSSR count). The fraction of sp³-hybridized carbons (Fsp3) is 0.250. The first kappa shape index (κ1) is 14.0. The van der Waals surface area contributed by atoms with Gasteiger partial charge in [-0.05, 0) is 30.0 Å². The summed E-state index contributed by atoms with van der Waals surface area (Å²) in [7, 11) is 0. The SMILES string of the molecule is OC(CCc1ccccc1)Cc1cccc(Cl)c1F. The van der Waals surface area contributed by atoms with Gasteiger partial charge in [-0.15, -0.1) is 0 Å². The van der Waals surface area contributed by atoms with Gasteiger partial charge in [-0.25, -0.2) is 4.39 Å². The number of rotatable bonds is 5. The van der Waals surface area contributed by atoms with E-state index in [-0.39, 0.29) is 5.02 Å². The van der Waals surface area contributed by atoms with E-state index in [0.717, 1.165) is 6.42 Å². The third kappa shape index (κ3) is 4.05. The quantitative estimate of drug-likeness (QED) is 0.876. The second-order valence-corrected chi connectivity index (χ2v) is 5.00. The summed E-state index contributed by atoms with van der Waals surface area (Å²) < 4.78 is 13.7. The summed E-state index contributed by atoms with van der Waals surface area (Å²) in [6.07, 6.45) is 1.12. The highest BCUT2D eigenvalue weighted by molar-refractivity contribution is 6.30. The van der Waals surface area contributed by atoms with Crippen LogP contribution < -0.4 is 0 Å². The van der Waals surface area contributed by atoms with E-state index in [1.54, 1.807) is 12.1 Å². The van der Waals surface area contributed by atoms with Crippen LogP contribution in [-0.2, 0) is 12.8 Å². The van der Waals surface area contributed by atoms with Gasteiger partial charge >= 0.3 is 0 Å². The molecular weight excluding hydrogens is 263 g/mol. The first-order valence-corrected chi connectivity index (χ1v) is 6.69. The monoisotopic (exact) mass is 278 g/mol. The van der Waals surface area contributed by atoms with Gasteiger partial charge in [-0.3, -0.25) is 0 Å². The molecule has 19 heavy (non-hydrogen) atoms. The molecule has 0 saturated carbocycles. The molecule has 3 heteroatoms. The van der Waals surface area contributed by atoms with Gasteiger partial charge in [-0.1, -0.05) is 54.1 Å². The zero-order valence-electron chi connectivity index (χ0n) is 10.5. The van der Waals surface area contributed by atoms with E-state index < -0.39 is 11.9 Å². The standard InChI is InChI=1S/C16H16ClFO/c17-15-8-4-7-13(16(15)18)11-14(19)10-9-12-5-2-1-3-6-12/h1-8,14,19H,9-11H2. The molecule has 0 amide bonds. The van der Waals surface area contributed by atoms with Crippen LogP contribution in [0.5, 0.6) is 0 Å². The van der Waals surface area contributed by atoms with E-state index in [9.17, 15) is 9.50 Å². The summed E-state index contributed by atoms with van der Waals surface area (Å²) in [5.74, 6) is -0.428. The van der Waals surface area contributed by atoms with Gasteiger partial charge in [0.15, 0.2) is 0 Å². The summed E-state index contributed by atoms with van der Waals surface area (Å²) in [4.78, 5) is 0. The molecule has 2 aromatic carbocycles. The largest absolute Gasteiger partial charge is 0.393 e. The van der Waals surface area contributed by atoms with Crippen molar-refractivity contribution in [1.29, 1.82) is 0 Å². The molecule has 0 heterocycles. The lowest BCUT2D eigenvalue weighted by Crippen LogP contribution is -2.12. The normalized spacial score (nSPS) is 12.4. The van der Waals surface area contributed by atoms with E-state index in [1.165, 1.54) is 11.6 Å². The predicted octanol–water partition coefficient (Wildman–Crippen LogP) is 4.02. The lowest BCUT2D eigenvalue weighted by Gasteiger charge is -2.11. The van der Waals surface area contributed by atoms with E-state index >= 15 is 0 Å². The first-order chi connectivity index (χ1) is 9.16. The first-order valence-electron chi connectivity index (χ1n) is 6.31. The van der Waals surface area contributed by atoms with Crippen molar-refractivity contribution in [2.45, 2.75) is 25.4 Å². The summed E-state index contributed by atoms with van der Waals surface area (Å²) in [5, 5.41) is 10.1. The molecule has 2 aromatic rings. The number of halogens is 2. The Balaban J connectivity index is 1.91. The van der Waals surface area contributed by atoms with Crippen molar-refractivity contribution in [1.82, 2.24) is 0 Å². The number of aliphatic hydroxyl groups excluding tert-OH is 1. The maximum absolute atomic E-state index is 13.7. The lowest BCUT2D eigenvalue weighted by atomic mass is 10.0. The van der Waals surface area contributed by atoms with E-state index in [0.29, 0.717) is 18.4 Å². The number of aryl methyl sites for hydroxylation is 1. The molecule has 0 aromatic heterocycles. The van der Waals surface area contributed by atoms with Crippen LogP contribution in [0.25, 0.3) is 0 Å². The Morgan fingerprint density at radius 3 is 2.53 bits per heavy atom. The Labute approximate surface area is 117 Å². The average Bonchev–Trinajstić information content (AvgIpc) is 2.43. The van der Waals surface area contributed by atoms with E-state index in [4.69, 9.17) is 11.6 Å². The zero-order valence-corrected chi connectivity index (χ0v) is 11.3. The topological polar surface area (TPSA) is 20.2 Å². The van der Waals surface area contributed by atoms with Crippen molar-refractivity contribution in [2.75, 3.05) is 0 Å². The van der Waals surface area contributed by atoms with Crippen LogP contribution in [0.1, 0.15) is 17.5 Å². The average molecular weight is 279 g/mol. The van der Waals surface area contributed by atoms with Crippen LogP contribution in [0, 0.1) is 5.82 Å². The van der Waals surface area contributed by atoms with Crippen LogP contribution in [0.4, 0.5) is 4.39 Å². The summed E-state index contributed by atoms with van der Waals surface area (Å²) in [5.41, 5.74) is 1.64. The van der Waals surface area contributed by atoms with Gasteiger partial charge in [-0.2, -0.15) is 0 Å². The van der Waals surface area contributed by atoms with Gasteiger partial charge in [0.1, 0.15) is 5.82 Å². The minimum absolute atomic E-state index is 0.104. The minimum atomic E-state index is -0.562. The van der Waals surface area contributed by atoms with E-state index in [1.807, 2.05) is 30.3 Å². The molecule has 100 valence electrons. The van der Waals surface area contributed by atoms with Gasteiger partial charge in [0, 0.05) is 6.42 Å². The molecule has 1 nitrogen and oxygen atoms in total. The maximum atomic E-state index is 13.7. The molecule has 1 unspecified atom stereocenters. The maximum Gasteiger partial charge on any atom is 0.145 e. The fourth-order valence-corrected chi connectivity index (χ4v) is 2.23. The molecule has 0 bridgehead atoms. The second-order valence-electron chi connectivity index (χ2n) is 4.60. The number of aliphatic hydroxyl groups is 1. The highest BCUT2D eigenvalue weighted by Gasteiger charge is 2.11. The summed E-state index contributed by atoms with van der Waals surface area (Å²) in [6, 6.07) is 14.8. The van der Waals surface area contributed by atoms with Gasteiger partial charge < -0.3 is 5.11 Å². The molecule has 0 spiro atoms. The molecule has 0 aliphatic carbocycles. The minimum Gasteiger partial charge on any atom is -0.393 e. The highest BCUT2D eigenvalue weighted by Crippen LogP contribution is 2.20. The third-order valence-electron chi connectivity index (χ3n) is 3.10.